The molecule has 0 saturated heterocycles. The Kier molecular flexibility index (Phi) is 5.42. The van der Waals surface area contributed by atoms with Gasteiger partial charge in [-0.1, -0.05) is 18.2 Å². The number of Topliss-reactive ketones (excluding diaryl/α,β-unsaturated/α-hetero) is 1. The van der Waals surface area contributed by atoms with Crippen molar-refractivity contribution in [2.24, 2.45) is 0 Å². The molecule has 158 valence electrons. The van der Waals surface area contributed by atoms with Gasteiger partial charge in [-0.25, -0.2) is 4.68 Å². The standard InChI is InChI=1S/C24H23N3O4/c1-14-19-11-17(9-10-21(19)25-24(14)30)22(28)13-31-23(29)12-20-15(2)26-27(16(20)3)18-7-5-4-6-8-18/h4-11,14H,12-13H2,1-3H3,(H,25,30)/t14-/m0/s1. The lowest BCUT2D eigenvalue weighted by Gasteiger charge is -2.08. The lowest BCUT2D eigenvalue weighted by molar-refractivity contribution is -0.141. The van der Waals surface area contributed by atoms with E-state index in [9.17, 15) is 14.4 Å². The third kappa shape index (κ3) is 3.99. The Morgan fingerprint density at radius 1 is 1.13 bits per heavy atom. The van der Waals surface area contributed by atoms with Crippen LogP contribution < -0.4 is 5.32 Å². The number of amides is 1. The van der Waals surface area contributed by atoms with Crippen LogP contribution in [0.5, 0.6) is 0 Å². The fourth-order valence-corrected chi connectivity index (χ4v) is 3.77. The molecule has 0 bridgehead atoms. The van der Waals surface area contributed by atoms with Crippen LogP contribution >= 0.6 is 0 Å². The number of aryl methyl sites for hydroxylation is 1. The van der Waals surface area contributed by atoms with Crippen LogP contribution in [0.4, 0.5) is 5.69 Å². The summed E-state index contributed by atoms with van der Waals surface area (Å²) < 4.78 is 7.04. The van der Waals surface area contributed by atoms with Gasteiger partial charge in [-0.15, -0.1) is 0 Å². The number of ether oxygens (including phenoxy) is 1. The minimum Gasteiger partial charge on any atom is -0.457 e. The number of ketones is 1. The second-order valence-electron chi connectivity index (χ2n) is 7.67. The number of anilines is 1. The number of carbonyl (C=O) groups is 3. The number of carbonyl (C=O) groups excluding carboxylic acids is 3. The molecule has 2 aromatic carbocycles. The zero-order valence-corrected chi connectivity index (χ0v) is 17.6. The number of nitrogens with one attached hydrogen (secondary N) is 1. The summed E-state index contributed by atoms with van der Waals surface area (Å²) in [7, 11) is 0. The summed E-state index contributed by atoms with van der Waals surface area (Å²) in [6.45, 7) is 5.19. The Morgan fingerprint density at radius 3 is 2.61 bits per heavy atom. The number of fused-ring (bicyclic) bond motifs is 1. The molecule has 1 amide bonds. The number of nitrogens with zero attached hydrogens (tertiary/aromatic N) is 2. The molecule has 7 nitrogen and oxygen atoms in total. The Bertz CT molecular complexity index is 1180. The van der Waals surface area contributed by atoms with Crippen molar-refractivity contribution < 1.29 is 19.1 Å². The molecule has 0 saturated carbocycles. The number of hydrogen-bond donors (Lipinski definition) is 1. The molecule has 1 atom stereocenters. The topological polar surface area (TPSA) is 90.3 Å². The second-order valence-corrected chi connectivity index (χ2v) is 7.67. The number of hydrogen-bond acceptors (Lipinski definition) is 5. The highest BCUT2D eigenvalue weighted by Crippen LogP contribution is 2.32. The number of esters is 1. The average Bonchev–Trinajstić information content (AvgIpc) is 3.22. The summed E-state index contributed by atoms with van der Waals surface area (Å²) in [5, 5.41) is 7.30. The predicted octanol–water partition coefficient (Wildman–Crippen LogP) is 3.51. The molecule has 0 fully saturated rings. The highest BCUT2D eigenvalue weighted by atomic mass is 16.5. The van der Waals surface area contributed by atoms with Gasteiger partial charge in [-0.3, -0.25) is 14.4 Å². The summed E-state index contributed by atoms with van der Waals surface area (Å²) in [5.41, 5.74) is 5.22. The van der Waals surface area contributed by atoms with E-state index in [-0.39, 0.29) is 30.6 Å². The van der Waals surface area contributed by atoms with Gasteiger partial charge in [0.2, 0.25) is 5.91 Å². The Hall–Kier alpha value is -3.74. The molecule has 1 aliphatic rings. The van der Waals surface area contributed by atoms with Gasteiger partial charge in [-0.2, -0.15) is 5.10 Å². The molecular weight excluding hydrogens is 394 g/mol. The molecule has 1 N–H and O–H groups in total. The zero-order valence-electron chi connectivity index (χ0n) is 17.6. The van der Waals surface area contributed by atoms with Gasteiger partial charge in [0.25, 0.3) is 0 Å². The first-order chi connectivity index (χ1) is 14.8. The van der Waals surface area contributed by atoms with Crippen molar-refractivity contribution in [2.75, 3.05) is 11.9 Å². The minimum absolute atomic E-state index is 0.0391. The van der Waals surface area contributed by atoms with Crippen molar-refractivity contribution in [1.82, 2.24) is 9.78 Å². The molecule has 0 radical (unpaired) electrons. The van der Waals surface area contributed by atoms with Crippen molar-refractivity contribution in [3.05, 3.63) is 76.6 Å². The van der Waals surface area contributed by atoms with Gasteiger partial charge in [0.15, 0.2) is 12.4 Å². The van der Waals surface area contributed by atoms with E-state index in [1.54, 1.807) is 29.8 Å². The molecule has 4 rings (SSSR count). The third-order valence-electron chi connectivity index (χ3n) is 5.62. The van der Waals surface area contributed by atoms with Crippen molar-refractivity contribution in [3.8, 4) is 5.69 Å². The average molecular weight is 417 g/mol. The van der Waals surface area contributed by atoms with Crippen LogP contribution in [-0.2, 0) is 20.7 Å². The fraction of sp³-hybridized carbons (Fsp3) is 0.250. The first-order valence-electron chi connectivity index (χ1n) is 10.1. The van der Waals surface area contributed by atoms with Crippen molar-refractivity contribution in [1.29, 1.82) is 0 Å². The first-order valence-corrected chi connectivity index (χ1v) is 10.1. The SMILES string of the molecule is Cc1nn(-c2ccccc2)c(C)c1CC(=O)OCC(=O)c1ccc2c(c1)[C@H](C)C(=O)N2. The number of para-hydroxylation sites is 1. The number of benzene rings is 2. The molecule has 0 unspecified atom stereocenters. The summed E-state index contributed by atoms with van der Waals surface area (Å²) in [6.07, 6.45) is 0.0391. The zero-order chi connectivity index (χ0) is 22.1. The van der Waals surface area contributed by atoms with Crippen LogP contribution in [0, 0.1) is 13.8 Å². The van der Waals surface area contributed by atoms with E-state index < -0.39 is 5.97 Å². The molecule has 0 spiro atoms. The number of aromatic nitrogens is 2. The lowest BCUT2D eigenvalue weighted by atomic mass is 9.99. The fourth-order valence-electron chi connectivity index (χ4n) is 3.77. The van der Waals surface area contributed by atoms with Crippen molar-refractivity contribution >= 4 is 23.3 Å². The highest BCUT2D eigenvalue weighted by molar-refractivity contribution is 6.05. The molecule has 0 aliphatic carbocycles. The van der Waals surface area contributed by atoms with E-state index in [0.29, 0.717) is 11.3 Å². The first kappa shape index (κ1) is 20.5. The van der Waals surface area contributed by atoms with Gasteiger partial charge in [0, 0.05) is 22.5 Å². The second kappa shape index (κ2) is 8.18. The monoisotopic (exact) mass is 417 g/mol. The summed E-state index contributed by atoms with van der Waals surface area (Å²) in [5.74, 6) is -1.19. The number of rotatable bonds is 6. The van der Waals surface area contributed by atoms with E-state index in [0.717, 1.165) is 28.2 Å². The predicted molar refractivity (Wildman–Crippen MR) is 116 cm³/mol. The molecule has 1 aliphatic heterocycles. The lowest BCUT2D eigenvalue weighted by Crippen LogP contribution is -2.16. The molecule has 3 aromatic rings. The largest absolute Gasteiger partial charge is 0.457 e. The Morgan fingerprint density at radius 2 is 1.87 bits per heavy atom. The highest BCUT2D eigenvalue weighted by Gasteiger charge is 2.27. The molecule has 31 heavy (non-hydrogen) atoms. The van der Waals surface area contributed by atoms with E-state index >= 15 is 0 Å². The summed E-state index contributed by atoms with van der Waals surface area (Å²) >= 11 is 0. The third-order valence-corrected chi connectivity index (χ3v) is 5.62. The van der Waals surface area contributed by atoms with E-state index in [4.69, 9.17) is 4.74 Å². The van der Waals surface area contributed by atoms with E-state index in [2.05, 4.69) is 10.4 Å². The Labute approximate surface area is 180 Å². The minimum atomic E-state index is -0.487. The van der Waals surface area contributed by atoms with Crippen LogP contribution in [-0.4, -0.2) is 34.0 Å². The maximum Gasteiger partial charge on any atom is 0.310 e. The van der Waals surface area contributed by atoms with Gasteiger partial charge in [0.1, 0.15) is 0 Å². The normalized spacial score (nSPS) is 14.8. The van der Waals surface area contributed by atoms with Crippen LogP contribution in [0.2, 0.25) is 0 Å². The van der Waals surface area contributed by atoms with Gasteiger partial charge in [-0.05, 0) is 56.7 Å². The van der Waals surface area contributed by atoms with Crippen LogP contribution in [0.1, 0.15) is 45.7 Å². The summed E-state index contributed by atoms with van der Waals surface area (Å²) in [6, 6.07) is 14.7. The van der Waals surface area contributed by atoms with Gasteiger partial charge in [0.05, 0.1) is 23.7 Å². The smallest absolute Gasteiger partial charge is 0.310 e. The summed E-state index contributed by atoms with van der Waals surface area (Å²) in [4.78, 5) is 36.7. The molecule has 1 aromatic heterocycles. The maximum absolute atomic E-state index is 12.5. The van der Waals surface area contributed by atoms with Crippen LogP contribution in [0.25, 0.3) is 5.69 Å². The van der Waals surface area contributed by atoms with Crippen molar-refractivity contribution in [2.45, 2.75) is 33.1 Å². The molecular formula is C24H23N3O4. The van der Waals surface area contributed by atoms with Crippen LogP contribution in [0.3, 0.4) is 0 Å². The molecule has 7 heteroatoms. The quantitative estimate of drug-likeness (QED) is 0.490. The van der Waals surface area contributed by atoms with Gasteiger partial charge < -0.3 is 10.1 Å². The van der Waals surface area contributed by atoms with E-state index in [1.807, 2.05) is 44.2 Å². The van der Waals surface area contributed by atoms with E-state index in [1.165, 1.54) is 0 Å². The van der Waals surface area contributed by atoms with Gasteiger partial charge >= 0.3 is 5.97 Å². The van der Waals surface area contributed by atoms with Crippen molar-refractivity contribution in [3.63, 3.8) is 0 Å². The molecule has 2 heterocycles. The van der Waals surface area contributed by atoms with Crippen LogP contribution in [0.15, 0.2) is 48.5 Å². The maximum atomic E-state index is 12.5. The Balaban J connectivity index is 1.41.